The predicted molar refractivity (Wildman–Crippen MR) is 114 cm³/mol. The van der Waals surface area contributed by atoms with Gasteiger partial charge in [-0.3, -0.25) is 14.9 Å². The number of carbonyl (C=O) groups is 1. The molecule has 3 atom stereocenters. The summed E-state index contributed by atoms with van der Waals surface area (Å²) in [5, 5.41) is 7.91. The molecule has 6 heteroatoms. The highest BCUT2D eigenvalue weighted by molar-refractivity contribution is 6.34. The summed E-state index contributed by atoms with van der Waals surface area (Å²) in [5.41, 5.74) is 1.74. The highest BCUT2D eigenvalue weighted by Crippen LogP contribution is 2.46. The Morgan fingerprint density at radius 2 is 2.21 bits per heavy atom. The molecule has 2 bridgehead atoms. The minimum absolute atomic E-state index is 0.139. The third kappa shape index (κ3) is 3.74. The molecule has 0 unspecified atom stereocenters. The minimum Gasteiger partial charge on any atom is -0.329 e. The molecule has 0 saturated heterocycles. The van der Waals surface area contributed by atoms with Crippen molar-refractivity contribution in [1.82, 2.24) is 10.3 Å². The second-order valence-electron chi connectivity index (χ2n) is 8.38. The monoisotopic (exact) mass is 399 g/mol. The Hall–Kier alpha value is -2.11. The van der Waals surface area contributed by atoms with Crippen LogP contribution in [-0.2, 0) is 4.79 Å². The number of rotatable bonds is 5. The van der Waals surface area contributed by atoms with Gasteiger partial charge in [0, 0.05) is 17.1 Å². The van der Waals surface area contributed by atoms with Crippen LogP contribution in [0.2, 0.25) is 5.02 Å². The standard InChI is InChI=1S/C22H26ClN3O2/c1-3-14-6-13-7-16(14)11-22(2,10-13)25-12-20(27)26-19-8-15-4-5-24-21(28)17(15)9-18(19)23/h4-5,8-9,11,13-14,25H,3,6-7,10,12H2,1-2H3,(H,24,28)(H,26,27)/t13-,14-,22-/m0/s1. The lowest BCUT2D eigenvalue weighted by Crippen LogP contribution is -2.46. The van der Waals surface area contributed by atoms with Crippen molar-refractivity contribution in [2.24, 2.45) is 11.8 Å². The smallest absolute Gasteiger partial charge is 0.255 e. The van der Waals surface area contributed by atoms with Gasteiger partial charge in [-0.05, 0) is 68.0 Å². The lowest BCUT2D eigenvalue weighted by atomic mass is 9.82. The molecule has 3 N–H and O–H groups in total. The molecule has 1 heterocycles. The molecule has 1 fully saturated rings. The molecule has 148 valence electrons. The van der Waals surface area contributed by atoms with E-state index in [1.807, 2.05) is 0 Å². The number of anilines is 1. The molecule has 2 aliphatic rings. The molecule has 2 aromatic rings. The second kappa shape index (κ2) is 7.37. The maximum atomic E-state index is 12.5. The molecule has 1 aromatic heterocycles. The number of halogens is 1. The van der Waals surface area contributed by atoms with Gasteiger partial charge in [-0.25, -0.2) is 0 Å². The number of aromatic nitrogens is 1. The van der Waals surface area contributed by atoms with Crippen LogP contribution in [0.3, 0.4) is 0 Å². The average molecular weight is 400 g/mol. The Morgan fingerprint density at radius 1 is 1.39 bits per heavy atom. The molecule has 4 rings (SSSR count). The third-order valence-electron chi connectivity index (χ3n) is 6.16. The quantitative estimate of drug-likeness (QED) is 0.658. The topological polar surface area (TPSA) is 74.0 Å². The van der Waals surface area contributed by atoms with E-state index < -0.39 is 0 Å². The number of benzene rings is 1. The number of allylic oxidation sites excluding steroid dienone is 1. The van der Waals surface area contributed by atoms with Gasteiger partial charge in [-0.2, -0.15) is 0 Å². The molecular weight excluding hydrogens is 374 g/mol. The first kappa shape index (κ1) is 19.2. The summed E-state index contributed by atoms with van der Waals surface area (Å²) in [6.07, 6.45) is 8.70. The third-order valence-corrected chi connectivity index (χ3v) is 6.48. The highest BCUT2D eigenvalue weighted by Gasteiger charge is 2.39. The number of hydrogen-bond donors (Lipinski definition) is 3. The van der Waals surface area contributed by atoms with Crippen LogP contribution in [0.4, 0.5) is 5.69 Å². The van der Waals surface area contributed by atoms with Gasteiger partial charge in [0.05, 0.1) is 17.3 Å². The van der Waals surface area contributed by atoms with Crippen LogP contribution in [0, 0.1) is 11.8 Å². The fraction of sp³-hybridized carbons (Fsp3) is 0.455. The maximum absolute atomic E-state index is 12.5. The van der Waals surface area contributed by atoms with Gasteiger partial charge in [-0.15, -0.1) is 0 Å². The molecule has 0 spiro atoms. The molecule has 28 heavy (non-hydrogen) atoms. The number of H-pyrrole nitrogens is 1. The fourth-order valence-corrected chi connectivity index (χ4v) is 5.08. The van der Waals surface area contributed by atoms with Crippen molar-refractivity contribution in [1.29, 1.82) is 0 Å². The highest BCUT2D eigenvalue weighted by atomic mass is 35.5. The number of aromatic amines is 1. The average Bonchev–Trinajstić information content (AvgIpc) is 2.96. The molecule has 0 radical (unpaired) electrons. The SMILES string of the molecule is CC[C@H]1C[C@H]2CC1=C[C@@](C)(NCC(=O)Nc1cc3cc[nH]c(=O)c3cc1Cl)C2. The van der Waals surface area contributed by atoms with Gasteiger partial charge in [0.1, 0.15) is 0 Å². The number of carbonyl (C=O) groups excluding carboxylic acids is 1. The number of hydrogen-bond acceptors (Lipinski definition) is 3. The van der Waals surface area contributed by atoms with Crippen LogP contribution in [0.25, 0.3) is 10.8 Å². The molecule has 1 amide bonds. The molecule has 1 saturated carbocycles. The Kier molecular flexibility index (Phi) is 5.06. The zero-order valence-electron chi connectivity index (χ0n) is 16.3. The summed E-state index contributed by atoms with van der Waals surface area (Å²) < 4.78 is 0. The van der Waals surface area contributed by atoms with Crippen molar-refractivity contribution in [3.63, 3.8) is 0 Å². The van der Waals surface area contributed by atoms with Gasteiger partial charge in [0.2, 0.25) is 5.91 Å². The van der Waals surface area contributed by atoms with Crippen molar-refractivity contribution in [2.45, 2.75) is 45.1 Å². The van der Waals surface area contributed by atoms with Crippen LogP contribution >= 0.6 is 11.6 Å². The molecular formula is C22H26ClN3O2. The number of nitrogens with one attached hydrogen (secondary N) is 3. The van der Waals surface area contributed by atoms with Crippen molar-refractivity contribution in [2.75, 3.05) is 11.9 Å². The molecule has 0 aliphatic heterocycles. The molecule has 2 aliphatic carbocycles. The second-order valence-corrected chi connectivity index (χ2v) is 8.79. The van der Waals surface area contributed by atoms with Gasteiger partial charge < -0.3 is 10.3 Å². The summed E-state index contributed by atoms with van der Waals surface area (Å²) >= 11 is 6.28. The molecule has 1 aromatic carbocycles. The lowest BCUT2D eigenvalue weighted by molar-refractivity contribution is -0.115. The molecule has 5 nitrogen and oxygen atoms in total. The van der Waals surface area contributed by atoms with E-state index in [0.717, 1.165) is 17.7 Å². The van der Waals surface area contributed by atoms with Gasteiger partial charge in [0.15, 0.2) is 0 Å². The van der Waals surface area contributed by atoms with E-state index in [1.54, 1.807) is 30.0 Å². The predicted octanol–water partition coefficient (Wildman–Crippen LogP) is 4.23. The Bertz CT molecular complexity index is 1010. The Balaban J connectivity index is 1.44. The van der Waals surface area contributed by atoms with E-state index in [0.29, 0.717) is 22.0 Å². The Morgan fingerprint density at radius 3 is 3.00 bits per heavy atom. The van der Waals surface area contributed by atoms with Crippen LogP contribution in [0.5, 0.6) is 0 Å². The first-order chi connectivity index (χ1) is 13.4. The summed E-state index contributed by atoms with van der Waals surface area (Å²) in [4.78, 5) is 27.0. The largest absolute Gasteiger partial charge is 0.329 e. The van der Waals surface area contributed by atoms with Gasteiger partial charge >= 0.3 is 0 Å². The summed E-state index contributed by atoms with van der Waals surface area (Å²) in [6, 6.07) is 5.12. The van der Waals surface area contributed by atoms with E-state index in [-0.39, 0.29) is 23.6 Å². The van der Waals surface area contributed by atoms with E-state index in [2.05, 4.69) is 35.5 Å². The van der Waals surface area contributed by atoms with Crippen LogP contribution in [-0.4, -0.2) is 23.0 Å². The summed E-state index contributed by atoms with van der Waals surface area (Å²) in [5.74, 6) is 1.29. The zero-order valence-corrected chi connectivity index (χ0v) is 17.0. The number of pyridine rings is 1. The van der Waals surface area contributed by atoms with Crippen LogP contribution in [0.1, 0.15) is 39.5 Å². The van der Waals surface area contributed by atoms with E-state index in [4.69, 9.17) is 11.6 Å². The van der Waals surface area contributed by atoms with Crippen LogP contribution in [0.15, 0.2) is 40.8 Å². The van der Waals surface area contributed by atoms with Gasteiger partial charge in [-0.1, -0.05) is 30.2 Å². The first-order valence-corrected chi connectivity index (χ1v) is 10.3. The van der Waals surface area contributed by atoms with Crippen molar-refractivity contribution in [3.05, 3.63) is 51.4 Å². The fourth-order valence-electron chi connectivity index (χ4n) is 4.87. The first-order valence-electron chi connectivity index (χ1n) is 9.94. The normalized spacial score (nSPS) is 26.3. The van der Waals surface area contributed by atoms with Crippen molar-refractivity contribution >= 4 is 34.0 Å². The summed E-state index contributed by atoms with van der Waals surface area (Å²) in [6.45, 7) is 4.65. The van der Waals surface area contributed by atoms with E-state index >= 15 is 0 Å². The van der Waals surface area contributed by atoms with E-state index in [1.165, 1.54) is 19.3 Å². The summed E-state index contributed by atoms with van der Waals surface area (Å²) in [7, 11) is 0. The van der Waals surface area contributed by atoms with E-state index in [9.17, 15) is 9.59 Å². The maximum Gasteiger partial charge on any atom is 0.255 e. The minimum atomic E-state index is -0.197. The number of amides is 1. The van der Waals surface area contributed by atoms with Gasteiger partial charge in [0.25, 0.3) is 5.56 Å². The van der Waals surface area contributed by atoms with Crippen molar-refractivity contribution < 1.29 is 4.79 Å². The zero-order chi connectivity index (χ0) is 19.9. The number of fused-ring (bicyclic) bond motifs is 3. The van der Waals surface area contributed by atoms with Crippen LogP contribution < -0.4 is 16.2 Å². The van der Waals surface area contributed by atoms with Crippen molar-refractivity contribution in [3.8, 4) is 0 Å². The lowest BCUT2D eigenvalue weighted by Gasteiger charge is -2.33. The Labute approximate surface area is 169 Å².